The molecule has 3 fully saturated rings. The smallest absolute Gasteiger partial charge is 0.339 e. The number of nitrogens with one attached hydrogen (secondary N) is 1. The number of nitrogens with two attached hydrogens (primary N) is 1. The Morgan fingerprint density at radius 2 is 0.714 bits per heavy atom. The van der Waals surface area contributed by atoms with Crippen LogP contribution in [-0.4, -0.2) is 25.1 Å². The van der Waals surface area contributed by atoms with Gasteiger partial charge in [0.1, 0.15) is 23.1 Å². The molecule has 15 nitrogen and oxygen atoms in total. The molecular weight excluding hydrogens is 1400 g/mol. The largest absolute Gasteiger partial charge is 0.421 e. The van der Waals surface area contributed by atoms with E-state index in [1.165, 1.54) is 18.2 Å². The molecule has 19 heteroatoms. The molecule has 0 radical (unpaired) electrons. The summed E-state index contributed by atoms with van der Waals surface area (Å²) in [5.74, 6) is -1.13. The average Bonchev–Trinajstić information content (AvgIpc) is 1.73. The molecule has 105 heavy (non-hydrogen) atoms. The minimum absolute atomic E-state index is 0.0568. The Hall–Kier alpha value is -11.6. The second-order valence-corrected chi connectivity index (χ2v) is 27.5. The summed E-state index contributed by atoms with van der Waals surface area (Å²) in [6.07, 6.45) is 5.91. The molecule has 3 aliphatic rings. The zero-order valence-electron chi connectivity index (χ0n) is 58.6. The van der Waals surface area contributed by atoms with Crippen molar-refractivity contribution < 1.29 is 26.4 Å². The van der Waals surface area contributed by atoms with Crippen LogP contribution in [0.2, 0.25) is 0 Å². The fourth-order valence-electron chi connectivity index (χ4n) is 13.4. The van der Waals surface area contributed by atoms with Gasteiger partial charge in [-0.05, 0) is 159 Å². The average molecular weight is 1470 g/mol. The van der Waals surface area contributed by atoms with Gasteiger partial charge in [-0.1, -0.05) is 176 Å². The summed E-state index contributed by atoms with van der Waals surface area (Å²) in [4.78, 5) is 83.4. The van der Waals surface area contributed by atoms with E-state index in [0.717, 1.165) is 66.5 Å². The van der Waals surface area contributed by atoms with Crippen LogP contribution in [0.25, 0.3) is 32.9 Å². The predicted molar refractivity (Wildman–Crippen MR) is 410 cm³/mol. The molecule has 530 valence electrons. The van der Waals surface area contributed by atoms with Crippen molar-refractivity contribution in [3.8, 4) is 0 Å². The molecular formula is C86H74BrF3N6O9. The highest BCUT2D eigenvalue weighted by atomic mass is 79.9. The lowest BCUT2D eigenvalue weighted by Crippen LogP contribution is -2.26. The van der Waals surface area contributed by atoms with Gasteiger partial charge in [0, 0.05) is 82.3 Å². The van der Waals surface area contributed by atoms with E-state index in [2.05, 4.69) is 15.9 Å². The van der Waals surface area contributed by atoms with Gasteiger partial charge in [-0.2, -0.15) is 0 Å². The first-order valence-corrected chi connectivity index (χ1v) is 35.5. The summed E-state index contributed by atoms with van der Waals surface area (Å²) >= 11 is 3.49. The molecule has 0 aliphatic heterocycles. The quantitative estimate of drug-likeness (QED) is 0.0981. The zero-order valence-corrected chi connectivity index (χ0v) is 60.2. The number of aliphatic imine (C=N–C) groups is 1. The van der Waals surface area contributed by atoms with Crippen molar-refractivity contribution in [1.82, 2.24) is 13.7 Å². The molecule has 6 aromatic heterocycles. The van der Waals surface area contributed by atoms with E-state index < -0.39 is 16.9 Å². The maximum atomic E-state index is 14.7. The van der Waals surface area contributed by atoms with Crippen molar-refractivity contribution >= 4 is 71.6 Å². The molecule has 0 bridgehead atoms. The number of anilines is 1. The van der Waals surface area contributed by atoms with Gasteiger partial charge in [0.25, 0.3) is 16.7 Å². The zero-order chi connectivity index (χ0) is 74.1. The molecule has 0 spiro atoms. The van der Waals surface area contributed by atoms with Gasteiger partial charge in [-0.15, -0.1) is 0 Å². The number of hydrogen-bond donors (Lipinski definition) is 2. The van der Waals surface area contributed by atoms with E-state index in [1.54, 1.807) is 96.0 Å². The summed E-state index contributed by atoms with van der Waals surface area (Å²) < 4.78 is 65.5. The van der Waals surface area contributed by atoms with Crippen molar-refractivity contribution in [3.63, 3.8) is 0 Å². The minimum Gasteiger partial charge on any atom is -0.421 e. The second kappa shape index (κ2) is 30.4. The lowest BCUT2D eigenvalue weighted by molar-refractivity contribution is 0.545. The Labute approximate surface area is 609 Å². The molecule has 16 rings (SSSR count). The molecule has 0 amide bonds. The van der Waals surface area contributed by atoms with E-state index in [-0.39, 0.29) is 99.0 Å². The normalized spacial score (nSPS) is 13.1. The number of nitrogens with zero attached hydrogens (tertiary/aromatic N) is 4. The number of nitrogen functional groups attached to an aromatic ring is 1. The fourth-order valence-corrected chi connectivity index (χ4v) is 13.9. The number of pyridine rings is 3. The Bertz CT molecular complexity index is 5710. The molecule has 3 N–H and O–H groups in total. The second-order valence-electron chi connectivity index (χ2n) is 26.7. The van der Waals surface area contributed by atoms with Gasteiger partial charge >= 0.3 is 16.9 Å². The Morgan fingerprint density at radius 1 is 0.419 bits per heavy atom. The highest BCUT2D eigenvalue weighted by Crippen LogP contribution is 2.42. The molecule has 3 saturated carbocycles. The first-order valence-electron chi connectivity index (χ1n) is 34.8. The maximum Gasteiger partial charge on any atom is 0.339 e. The summed E-state index contributed by atoms with van der Waals surface area (Å²) in [6.45, 7) is 10.3. The van der Waals surface area contributed by atoms with Crippen molar-refractivity contribution in [2.45, 2.75) is 117 Å². The van der Waals surface area contributed by atoms with Crippen LogP contribution in [0.5, 0.6) is 0 Å². The fraction of sp³-hybridized carbons (Fsp3) is 0.209. The first kappa shape index (κ1) is 71.8. The molecule has 13 aromatic rings. The highest BCUT2D eigenvalue weighted by molar-refractivity contribution is 9.10. The van der Waals surface area contributed by atoms with E-state index in [0.29, 0.717) is 94.1 Å². The van der Waals surface area contributed by atoms with Gasteiger partial charge in [-0.25, -0.2) is 32.5 Å². The monoisotopic (exact) mass is 1470 g/mol. The molecule has 6 heterocycles. The van der Waals surface area contributed by atoms with Crippen LogP contribution in [0.4, 0.5) is 24.5 Å². The van der Waals surface area contributed by atoms with Crippen molar-refractivity contribution in [2.24, 2.45) is 4.99 Å². The highest BCUT2D eigenvalue weighted by Gasteiger charge is 2.34. The van der Waals surface area contributed by atoms with Crippen LogP contribution in [-0.2, 0) is 19.3 Å². The van der Waals surface area contributed by atoms with Gasteiger partial charge in [0.2, 0.25) is 0 Å². The first-order chi connectivity index (χ1) is 50.6. The third-order valence-electron chi connectivity index (χ3n) is 19.7. The number of hydrogen-bond acceptors (Lipinski definition) is 12. The lowest BCUT2D eigenvalue weighted by atomic mass is 9.97. The molecule has 0 unspecified atom stereocenters. The number of halogens is 4. The van der Waals surface area contributed by atoms with Crippen molar-refractivity contribution in [3.05, 3.63) is 368 Å². The third-order valence-corrected chi connectivity index (χ3v) is 20.6. The Kier molecular flexibility index (Phi) is 20.8. The summed E-state index contributed by atoms with van der Waals surface area (Å²) in [6, 6.07) is 58.6. The Morgan fingerprint density at radius 3 is 1.08 bits per heavy atom. The Balaban J connectivity index is 0.000000131. The van der Waals surface area contributed by atoms with Gasteiger partial charge in [-0.3, -0.25) is 19.8 Å². The van der Waals surface area contributed by atoms with E-state index in [1.807, 2.05) is 135 Å². The van der Waals surface area contributed by atoms with Crippen molar-refractivity contribution in [2.75, 3.05) is 5.73 Å². The number of benzene rings is 7. The summed E-state index contributed by atoms with van der Waals surface area (Å²) in [7, 11) is 0. The van der Waals surface area contributed by atoms with Gasteiger partial charge in [0.15, 0.2) is 16.7 Å². The topological polar surface area (TPSA) is 219 Å². The van der Waals surface area contributed by atoms with Crippen LogP contribution >= 0.6 is 15.9 Å². The van der Waals surface area contributed by atoms with Gasteiger partial charge < -0.3 is 32.7 Å². The lowest BCUT2D eigenvalue weighted by Gasteiger charge is -2.18. The molecule has 0 atom stereocenters. The van der Waals surface area contributed by atoms with E-state index in [4.69, 9.17) is 29.4 Å². The standard InChI is InChI=1S/C33H27FN2O3.C20H17BrFNO3.C20H19FN2O3.C13H11N/c1-20-26(19-24-15-9-10-16-27(24)34)28-31(39-33(20)38)29(21(2)36(32(28)37)25-17-18-25)35-30(22-11-5-3-6-12-22)23-13-7-4-8-14-23;1-10-14(9-12-5-3-4-6-15(12)22)16-18(26-20(10)25)17(21)11(2)23(19(16)24)13-7-8-13;1-10-14(9-12-5-3-4-6-15(12)21)16-18(26-20(10)25)17(22)11(2)23(19(16)24)13-7-8-13;14-13(11-7-3-1-4-8-11)12-9-5-2-6-10-12/h3-16,25H,17-19H2,1-2H3;3-6,13H,7-9H2,1-2H3;3-6,13H,7-9,22H2,1-2H3;1-10,14H. The van der Waals surface area contributed by atoms with Crippen LogP contribution in [0, 0.1) is 64.4 Å². The minimum atomic E-state index is -0.561. The van der Waals surface area contributed by atoms with Crippen LogP contribution in [0.15, 0.2) is 246 Å². The van der Waals surface area contributed by atoms with Gasteiger partial charge in [0.05, 0.1) is 37.7 Å². The SMILES string of the molecule is Cc1c(Cc2ccccc2F)c2c(=O)n(C3CC3)c(C)c(Br)c2oc1=O.Cc1c(Cc2ccccc2F)c2c(=O)n(C3CC3)c(C)c(N)c2oc1=O.Cc1c(Cc2ccccc2F)c2c(=O)n(C3CC3)c(C)c(N=C(c3ccccc3)c3ccccc3)c2oc1=O.N=C(c1ccccc1)c1ccccc1. The predicted octanol–water partition coefficient (Wildman–Crippen LogP) is 17.5. The number of rotatable bonds is 14. The van der Waals surface area contributed by atoms with E-state index in [9.17, 15) is 41.9 Å². The molecule has 0 saturated heterocycles. The van der Waals surface area contributed by atoms with Crippen LogP contribution < -0.4 is 39.3 Å². The van der Waals surface area contributed by atoms with E-state index >= 15 is 0 Å². The molecule has 7 aromatic carbocycles. The van der Waals surface area contributed by atoms with Crippen LogP contribution in [0.1, 0.15) is 146 Å². The molecule has 3 aliphatic carbocycles. The summed E-state index contributed by atoms with van der Waals surface area (Å²) in [5.41, 5.74) is 15.8. The van der Waals surface area contributed by atoms with Crippen LogP contribution in [0.3, 0.4) is 0 Å². The third kappa shape index (κ3) is 14.7. The number of aromatic nitrogens is 3. The van der Waals surface area contributed by atoms with Crippen molar-refractivity contribution in [1.29, 1.82) is 5.41 Å². The maximum absolute atomic E-state index is 14.7. The number of fused-ring (bicyclic) bond motifs is 3. The summed E-state index contributed by atoms with van der Waals surface area (Å²) in [5, 5.41) is 8.89.